The summed E-state index contributed by atoms with van der Waals surface area (Å²) < 4.78 is 85.0. The number of amides is 1. The first-order valence-electron chi connectivity index (χ1n) is 9.44. The highest BCUT2D eigenvalue weighted by atomic mass is 35.5. The zero-order chi connectivity index (χ0) is 25.3. The molecule has 0 fully saturated rings. The fourth-order valence-corrected chi connectivity index (χ4v) is 3.17. The van der Waals surface area contributed by atoms with Crippen LogP contribution < -0.4 is 10.1 Å². The monoisotopic (exact) mass is 505 g/mol. The van der Waals surface area contributed by atoms with Crippen molar-refractivity contribution in [3.05, 3.63) is 82.2 Å². The van der Waals surface area contributed by atoms with Crippen LogP contribution in [0.2, 0.25) is 5.02 Å². The number of ether oxygens (including phenoxy) is 1. The molecule has 1 atom stereocenters. The lowest BCUT2D eigenvalue weighted by molar-refractivity contribution is -0.289. The van der Waals surface area contributed by atoms with E-state index in [1.165, 1.54) is 18.2 Å². The van der Waals surface area contributed by atoms with Crippen LogP contribution in [0, 0.1) is 5.82 Å². The highest BCUT2D eigenvalue weighted by Crippen LogP contribution is 2.45. The number of carbonyl (C=O) groups is 2. The molecule has 0 saturated carbocycles. The van der Waals surface area contributed by atoms with Gasteiger partial charge in [-0.25, -0.2) is 9.18 Å². The number of rotatable bonds is 6. The van der Waals surface area contributed by atoms with Crippen LogP contribution in [0.4, 0.5) is 26.3 Å². The Kier molecular flexibility index (Phi) is 6.97. The molecule has 180 valence electrons. The molecule has 0 heterocycles. The summed E-state index contributed by atoms with van der Waals surface area (Å²) in [7, 11) is 0. The second-order valence-corrected chi connectivity index (χ2v) is 7.51. The number of halogens is 7. The third-order valence-electron chi connectivity index (χ3n) is 4.72. The zero-order valence-electron chi connectivity index (χ0n) is 16.8. The van der Waals surface area contributed by atoms with Crippen molar-refractivity contribution in [3.8, 4) is 11.5 Å². The van der Waals surface area contributed by atoms with E-state index in [-0.39, 0.29) is 22.8 Å². The van der Waals surface area contributed by atoms with Crippen LogP contribution in [0.5, 0.6) is 11.5 Å². The Hall–Kier alpha value is -3.47. The molecule has 0 bridgehead atoms. The Morgan fingerprint density at radius 2 is 1.76 bits per heavy atom. The summed E-state index contributed by atoms with van der Waals surface area (Å²) >= 11 is 5.85. The molecular weight excluding hydrogens is 492 g/mol. The molecular formula is C22H14ClF6NO4. The van der Waals surface area contributed by atoms with E-state index >= 15 is 0 Å². The van der Waals surface area contributed by atoms with E-state index in [9.17, 15) is 35.9 Å². The van der Waals surface area contributed by atoms with Crippen molar-refractivity contribution < 1.29 is 45.8 Å². The standard InChI is InChI=1S/C22H14ClF6NO4/c23-16-10-13(24)4-8-17(16)34-18-9-12(21(25,26)22(27,28)29)3-7-15(18)19(31)30-14-5-1-11(2-6-14)20(32)33/h1-5,7-10,14H,6H2,(H,30,31)(H,32,33). The normalized spacial score (nSPS) is 16.1. The predicted octanol–water partition coefficient (Wildman–Crippen LogP) is 5.99. The van der Waals surface area contributed by atoms with Gasteiger partial charge in [0.15, 0.2) is 0 Å². The number of aliphatic carboxylic acids is 1. The maximum Gasteiger partial charge on any atom is 0.458 e. The van der Waals surface area contributed by atoms with Crippen LogP contribution in [0.25, 0.3) is 0 Å². The van der Waals surface area contributed by atoms with Crippen molar-refractivity contribution in [2.24, 2.45) is 0 Å². The molecule has 0 saturated heterocycles. The van der Waals surface area contributed by atoms with Gasteiger partial charge in [-0.15, -0.1) is 0 Å². The number of carboxylic acid groups (broad SMARTS) is 1. The van der Waals surface area contributed by atoms with E-state index in [0.717, 1.165) is 24.3 Å². The molecule has 3 rings (SSSR count). The first kappa shape index (κ1) is 25.2. The van der Waals surface area contributed by atoms with E-state index in [4.69, 9.17) is 21.4 Å². The lowest BCUT2D eigenvalue weighted by Crippen LogP contribution is -2.35. The second-order valence-electron chi connectivity index (χ2n) is 7.10. The molecule has 2 N–H and O–H groups in total. The number of hydrogen-bond donors (Lipinski definition) is 2. The number of alkyl halides is 5. The summed E-state index contributed by atoms with van der Waals surface area (Å²) in [6.07, 6.45) is -1.85. The molecule has 1 unspecified atom stereocenters. The SMILES string of the molecule is O=C(O)C1=CCC(NC(=O)c2ccc(C(F)(F)C(F)(F)F)cc2Oc2ccc(F)cc2Cl)C=C1. The van der Waals surface area contributed by atoms with Gasteiger partial charge in [-0.05, 0) is 42.8 Å². The van der Waals surface area contributed by atoms with Gasteiger partial charge in [-0.3, -0.25) is 4.79 Å². The summed E-state index contributed by atoms with van der Waals surface area (Å²) in [5.74, 6) is -9.07. The van der Waals surface area contributed by atoms with Gasteiger partial charge in [-0.2, -0.15) is 22.0 Å². The Bertz CT molecular complexity index is 1190. The van der Waals surface area contributed by atoms with Crippen LogP contribution in [-0.2, 0) is 10.7 Å². The van der Waals surface area contributed by atoms with Crippen LogP contribution in [-0.4, -0.2) is 29.2 Å². The fourth-order valence-electron chi connectivity index (χ4n) is 2.96. The topological polar surface area (TPSA) is 75.6 Å². The molecule has 1 aliphatic rings. The summed E-state index contributed by atoms with van der Waals surface area (Å²) in [6, 6.07) is 3.56. The van der Waals surface area contributed by atoms with Crippen LogP contribution >= 0.6 is 11.6 Å². The number of carbonyl (C=O) groups excluding carboxylic acids is 1. The molecule has 1 amide bonds. The van der Waals surface area contributed by atoms with Gasteiger partial charge in [0.1, 0.15) is 17.3 Å². The Labute approximate surface area is 193 Å². The third-order valence-corrected chi connectivity index (χ3v) is 5.02. The van der Waals surface area contributed by atoms with E-state index in [1.54, 1.807) is 0 Å². The molecule has 2 aromatic carbocycles. The van der Waals surface area contributed by atoms with Crippen molar-refractivity contribution >= 4 is 23.5 Å². The number of benzene rings is 2. The smallest absolute Gasteiger partial charge is 0.458 e. The Morgan fingerprint density at radius 1 is 1.06 bits per heavy atom. The Balaban J connectivity index is 1.96. The van der Waals surface area contributed by atoms with Gasteiger partial charge in [0.2, 0.25) is 0 Å². The van der Waals surface area contributed by atoms with Crippen molar-refractivity contribution in [3.63, 3.8) is 0 Å². The highest BCUT2D eigenvalue weighted by molar-refractivity contribution is 6.32. The van der Waals surface area contributed by atoms with E-state index in [1.807, 2.05) is 0 Å². The predicted molar refractivity (Wildman–Crippen MR) is 109 cm³/mol. The number of carboxylic acids is 1. The molecule has 2 aromatic rings. The molecule has 5 nitrogen and oxygen atoms in total. The van der Waals surface area contributed by atoms with Crippen LogP contribution in [0.3, 0.4) is 0 Å². The zero-order valence-corrected chi connectivity index (χ0v) is 17.6. The molecule has 12 heteroatoms. The average molecular weight is 506 g/mol. The third kappa shape index (κ3) is 5.36. The van der Waals surface area contributed by atoms with Crippen LogP contribution in [0.15, 0.2) is 60.2 Å². The number of hydrogen-bond acceptors (Lipinski definition) is 3. The summed E-state index contributed by atoms with van der Waals surface area (Å²) in [4.78, 5) is 23.7. The lowest BCUT2D eigenvalue weighted by Gasteiger charge is -2.22. The highest BCUT2D eigenvalue weighted by Gasteiger charge is 2.58. The number of nitrogens with one attached hydrogen (secondary N) is 1. The minimum Gasteiger partial charge on any atom is -0.478 e. The summed E-state index contributed by atoms with van der Waals surface area (Å²) in [5.41, 5.74) is -1.90. The molecule has 1 aliphatic carbocycles. The molecule has 0 radical (unpaired) electrons. The average Bonchev–Trinajstić information content (AvgIpc) is 2.75. The van der Waals surface area contributed by atoms with Gasteiger partial charge < -0.3 is 15.2 Å². The summed E-state index contributed by atoms with van der Waals surface area (Å²) in [6.45, 7) is 0. The second kappa shape index (κ2) is 9.41. The maximum absolute atomic E-state index is 13.9. The van der Waals surface area contributed by atoms with Crippen molar-refractivity contribution in [2.75, 3.05) is 0 Å². The lowest BCUT2D eigenvalue weighted by atomic mass is 10.0. The van der Waals surface area contributed by atoms with E-state index < -0.39 is 52.7 Å². The van der Waals surface area contributed by atoms with Crippen molar-refractivity contribution in [1.29, 1.82) is 0 Å². The van der Waals surface area contributed by atoms with Crippen LogP contribution in [0.1, 0.15) is 22.3 Å². The molecule has 34 heavy (non-hydrogen) atoms. The van der Waals surface area contributed by atoms with Crippen molar-refractivity contribution in [1.82, 2.24) is 5.32 Å². The Morgan fingerprint density at radius 3 is 2.32 bits per heavy atom. The fraction of sp³-hybridized carbons (Fsp3) is 0.182. The van der Waals surface area contributed by atoms with Gasteiger partial charge in [-0.1, -0.05) is 29.8 Å². The minimum atomic E-state index is -5.91. The van der Waals surface area contributed by atoms with Gasteiger partial charge >= 0.3 is 18.1 Å². The van der Waals surface area contributed by atoms with Gasteiger partial charge in [0.05, 0.1) is 22.2 Å². The first-order chi connectivity index (χ1) is 15.8. The van der Waals surface area contributed by atoms with Gasteiger partial charge in [0, 0.05) is 5.56 Å². The molecule has 0 aliphatic heterocycles. The quantitative estimate of drug-likeness (QED) is 0.473. The van der Waals surface area contributed by atoms with Gasteiger partial charge in [0.25, 0.3) is 5.91 Å². The van der Waals surface area contributed by atoms with E-state index in [0.29, 0.717) is 12.1 Å². The van der Waals surface area contributed by atoms with E-state index in [2.05, 4.69) is 5.32 Å². The molecule has 0 spiro atoms. The van der Waals surface area contributed by atoms with Crippen molar-refractivity contribution in [2.45, 2.75) is 24.6 Å². The minimum absolute atomic E-state index is 0.000733. The first-order valence-corrected chi connectivity index (χ1v) is 9.82. The summed E-state index contributed by atoms with van der Waals surface area (Å²) in [5, 5.41) is 11.1. The largest absolute Gasteiger partial charge is 0.478 e. The maximum atomic E-state index is 13.9. The molecule has 0 aromatic heterocycles.